The molecule has 1 saturated heterocycles. The number of aromatic nitrogens is 2. The molecule has 0 unspecified atom stereocenters. The lowest BCUT2D eigenvalue weighted by Gasteiger charge is -2.21. The van der Waals surface area contributed by atoms with E-state index in [0.717, 1.165) is 31.0 Å². The van der Waals surface area contributed by atoms with E-state index in [-0.39, 0.29) is 35.9 Å². The minimum atomic E-state index is -0.305. The summed E-state index contributed by atoms with van der Waals surface area (Å²) < 4.78 is 15.9. The van der Waals surface area contributed by atoms with Crippen molar-refractivity contribution in [3.8, 4) is 5.69 Å². The number of hydrogen-bond donors (Lipinski definition) is 2. The summed E-state index contributed by atoms with van der Waals surface area (Å²) in [7, 11) is 0. The molecule has 1 aromatic carbocycles. The molecule has 1 aromatic heterocycles. The SMILES string of the molecule is CCNC(=NCc1ccc(-n2ccnc2)c(F)c1)N1CC[C@@H](O)C1.I. The van der Waals surface area contributed by atoms with Gasteiger partial charge in [-0.2, -0.15) is 0 Å². The molecule has 1 fully saturated rings. The van der Waals surface area contributed by atoms with Gasteiger partial charge in [0.2, 0.25) is 0 Å². The molecule has 0 amide bonds. The van der Waals surface area contributed by atoms with Gasteiger partial charge in [0.1, 0.15) is 5.82 Å². The average molecular weight is 459 g/mol. The smallest absolute Gasteiger partial charge is 0.194 e. The van der Waals surface area contributed by atoms with Gasteiger partial charge < -0.3 is 19.9 Å². The van der Waals surface area contributed by atoms with E-state index in [9.17, 15) is 9.50 Å². The number of benzene rings is 1. The number of aliphatic hydroxyl groups excluding tert-OH is 1. The van der Waals surface area contributed by atoms with Crippen molar-refractivity contribution >= 4 is 29.9 Å². The Morgan fingerprint density at radius 2 is 2.32 bits per heavy atom. The summed E-state index contributed by atoms with van der Waals surface area (Å²) >= 11 is 0. The molecule has 8 heteroatoms. The van der Waals surface area contributed by atoms with Gasteiger partial charge in [-0.25, -0.2) is 14.4 Å². The highest BCUT2D eigenvalue weighted by atomic mass is 127. The molecule has 0 spiro atoms. The van der Waals surface area contributed by atoms with Crippen LogP contribution in [0.25, 0.3) is 5.69 Å². The van der Waals surface area contributed by atoms with Gasteiger partial charge in [-0.3, -0.25) is 0 Å². The second kappa shape index (κ2) is 9.14. The first-order chi connectivity index (χ1) is 11.7. The zero-order valence-electron chi connectivity index (χ0n) is 14.1. The topological polar surface area (TPSA) is 65.7 Å². The summed E-state index contributed by atoms with van der Waals surface area (Å²) in [6.45, 7) is 4.50. The van der Waals surface area contributed by atoms with E-state index in [1.165, 1.54) is 6.07 Å². The first-order valence-electron chi connectivity index (χ1n) is 8.15. The Hall–Kier alpha value is -1.68. The molecule has 0 bridgehead atoms. The van der Waals surface area contributed by atoms with Gasteiger partial charge in [0.15, 0.2) is 5.96 Å². The lowest BCUT2D eigenvalue weighted by Crippen LogP contribution is -2.40. The van der Waals surface area contributed by atoms with Crippen LogP contribution in [0.5, 0.6) is 0 Å². The number of aliphatic imine (C=N–C) groups is 1. The van der Waals surface area contributed by atoms with E-state index in [4.69, 9.17) is 0 Å². The summed E-state index contributed by atoms with van der Waals surface area (Å²) in [5.74, 6) is 0.454. The molecule has 6 nitrogen and oxygen atoms in total. The second-order valence-corrected chi connectivity index (χ2v) is 5.81. The molecule has 0 radical (unpaired) electrons. The molecule has 3 rings (SSSR count). The standard InChI is InChI=1S/C17H22FN5O.HI/c1-2-20-17(22-7-5-14(24)11-22)21-10-13-3-4-16(15(18)9-13)23-8-6-19-12-23;/h3-4,6,8-9,12,14,24H,2,5,7,10-11H2,1H3,(H,20,21);1H/t14-;/m1./s1. The molecular formula is C17H23FIN5O. The van der Waals surface area contributed by atoms with Gasteiger partial charge in [-0.1, -0.05) is 6.07 Å². The van der Waals surface area contributed by atoms with Gasteiger partial charge >= 0.3 is 0 Å². The van der Waals surface area contributed by atoms with Gasteiger partial charge in [0, 0.05) is 32.0 Å². The van der Waals surface area contributed by atoms with E-state index < -0.39 is 0 Å². The fourth-order valence-electron chi connectivity index (χ4n) is 2.79. The van der Waals surface area contributed by atoms with E-state index in [0.29, 0.717) is 18.8 Å². The average Bonchev–Trinajstić information content (AvgIpc) is 3.23. The van der Waals surface area contributed by atoms with Crippen LogP contribution in [0.1, 0.15) is 18.9 Å². The summed E-state index contributed by atoms with van der Waals surface area (Å²) in [4.78, 5) is 10.5. The van der Waals surface area contributed by atoms with Crippen LogP contribution in [-0.4, -0.2) is 51.3 Å². The van der Waals surface area contributed by atoms with Crippen LogP contribution in [0.2, 0.25) is 0 Å². The van der Waals surface area contributed by atoms with Crippen LogP contribution >= 0.6 is 24.0 Å². The number of nitrogens with one attached hydrogen (secondary N) is 1. The molecule has 2 heterocycles. The molecular weight excluding hydrogens is 436 g/mol. The van der Waals surface area contributed by atoms with Crippen molar-refractivity contribution in [2.24, 2.45) is 4.99 Å². The molecule has 0 aliphatic carbocycles. The maximum Gasteiger partial charge on any atom is 0.194 e. The monoisotopic (exact) mass is 459 g/mol. The van der Waals surface area contributed by atoms with Crippen molar-refractivity contribution in [1.82, 2.24) is 19.8 Å². The number of hydrogen-bond acceptors (Lipinski definition) is 3. The summed E-state index contributed by atoms with van der Waals surface area (Å²) in [5, 5.41) is 12.9. The van der Waals surface area contributed by atoms with E-state index in [1.807, 2.05) is 17.9 Å². The fraction of sp³-hybridized carbons (Fsp3) is 0.412. The molecule has 25 heavy (non-hydrogen) atoms. The van der Waals surface area contributed by atoms with Crippen LogP contribution < -0.4 is 5.32 Å². The van der Waals surface area contributed by atoms with E-state index >= 15 is 0 Å². The number of β-amino-alcohol motifs (C(OH)–C–C–N with tert-alkyl or cyclic N) is 1. The number of guanidine groups is 1. The molecule has 1 aliphatic heterocycles. The van der Waals surface area contributed by atoms with Crippen LogP contribution in [0, 0.1) is 5.82 Å². The van der Waals surface area contributed by atoms with Gasteiger partial charge in [-0.15, -0.1) is 24.0 Å². The lowest BCUT2D eigenvalue weighted by molar-refractivity contribution is 0.188. The Labute approximate surface area is 163 Å². The molecule has 2 aromatic rings. The number of likely N-dealkylation sites (tertiary alicyclic amines) is 1. The highest BCUT2D eigenvalue weighted by molar-refractivity contribution is 14.0. The zero-order chi connectivity index (χ0) is 16.9. The Morgan fingerprint density at radius 1 is 1.48 bits per heavy atom. The Balaban J connectivity index is 0.00000225. The third kappa shape index (κ3) is 4.91. The molecule has 1 atom stereocenters. The maximum atomic E-state index is 14.3. The number of imidazole rings is 1. The van der Waals surface area contributed by atoms with Crippen LogP contribution in [0.3, 0.4) is 0 Å². The van der Waals surface area contributed by atoms with Crippen molar-refractivity contribution in [3.05, 3.63) is 48.3 Å². The summed E-state index contributed by atoms with van der Waals surface area (Å²) in [5.41, 5.74) is 1.27. The Morgan fingerprint density at radius 3 is 2.92 bits per heavy atom. The highest BCUT2D eigenvalue weighted by Crippen LogP contribution is 2.16. The Kier molecular flexibility index (Phi) is 7.18. The zero-order valence-corrected chi connectivity index (χ0v) is 16.4. The quantitative estimate of drug-likeness (QED) is 0.418. The van der Waals surface area contributed by atoms with Crippen LogP contribution in [-0.2, 0) is 6.54 Å². The van der Waals surface area contributed by atoms with Gasteiger partial charge in [0.05, 0.1) is 24.7 Å². The van der Waals surface area contributed by atoms with Gasteiger partial charge in [-0.05, 0) is 31.0 Å². The molecule has 0 saturated carbocycles. The third-order valence-electron chi connectivity index (χ3n) is 4.00. The van der Waals surface area contributed by atoms with E-state index in [1.54, 1.807) is 29.4 Å². The minimum Gasteiger partial charge on any atom is -0.391 e. The highest BCUT2D eigenvalue weighted by Gasteiger charge is 2.22. The third-order valence-corrected chi connectivity index (χ3v) is 4.00. The number of halogens is 2. The van der Waals surface area contributed by atoms with Crippen molar-refractivity contribution in [3.63, 3.8) is 0 Å². The normalized spacial score (nSPS) is 17.5. The van der Waals surface area contributed by atoms with Crippen molar-refractivity contribution in [2.45, 2.75) is 26.0 Å². The predicted octanol–water partition coefficient (Wildman–Crippen LogP) is 2.16. The van der Waals surface area contributed by atoms with Crippen molar-refractivity contribution in [1.29, 1.82) is 0 Å². The molecule has 136 valence electrons. The largest absolute Gasteiger partial charge is 0.391 e. The van der Waals surface area contributed by atoms with Crippen LogP contribution in [0.15, 0.2) is 41.9 Å². The summed E-state index contributed by atoms with van der Waals surface area (Å²) in [6.07, 6.45) is 5.33. The maximum absolute atomic E-state index is 14.3. The van der Waals surface area contributed by atoms with Crippen LogP contribution in [0.4, 0.5) is 4.39 Å². The van der Waals surface area contributed by atoms with Crippen molar-refractivity contribution < 1.29 is 9.50 Å². The number of nitrogens with zero attached hydrogens (tertiary/aromatic N) is 4. The Bertz CT molecular complexity index is 707. The fourth-order valence-corrected chi connectivity index (χ4v) is 2.79. The minimum absolute atomic E-state index is 0. The first kappa shape index (κ1) is 19.6. The van der Waals surface area contributed by atoms with Crippen molar-refractivity contribution in [2.75, 3.05) is 19.6 Å². The number of aliphatic hydroxyl groups is 1. The number of rotatable bonds is 4. The lowest BCUT2D eigenvalue weighted by atomic mass is 10.2. The predicted molar refractivity (Wildman–Crippen MR) is 106 cm³/mol. The molecule has 2 N–H and O–H groups in total. The summed E-state index contributed by atoms with van der Waals surface area (Å²) in [6, 6.07) is 5.10. The second-order valence-electron chi connectivity index (χ2n) is 5.81. The first-order valence-corrected chi connectivity index (χ1v) is 8.15. The van der Waals surface area contributed by atoms with E-state index in [2.05, 4.69) is 15.3 Å². The molecule has 1 aliphatic rings. The van der Waals surface area contributed by atoms with Gasteiger partial charge in [0.25, 0.3) is 0 Å².